The van der Waals surface area contributed by atoms with Crippen molar-refractivity contribution in [3.05, 3.63) is 239 Å². The van der Waals surface area contributed by atoms with E-state index in [1.165, 1.54) is 48.5 Å². The second-order valence-corrected chi connectivity index (χ2v) is 20.7. The Labute approximate surface area is 527 Å². The van der Waals surface area contributed by atoms with Crippen molar-refractivity contribution < 1.29 is 96.0 Å². The molecule has 2 aliphatic rings. The number of ether oxygens (including phenoxy) is 2. The summed E-state index contributed by atoms with van der Waals surface area (Å²) in [6.45, 7) is 7.03. The molecule has 0 aromatic heterocycles. The number of nitrogens with zero attached hydrogens (tertiary/aromatic N) is 2. The first kappa shape index (κ1) is 74.0. The van der Waals surface area contributed by atoms with Gasteiger partial charge in [0, 0.05) is 72.5 Å². The fraction of sp³-hybridized carbons (Fsp3) is 0.265. The molecule has 2 aliphatic heterocycles. The van der Waals surface area contributed by atoms with E-state index in [-0.39, 0.29) is 35.1 Å². The van der Waals surface area contributed by atoms with Crippen LogP contribution in [0.25, 0.3) is 0 Å². The molecule has 2 amide bonds. The second kappa shape index (κ2) is 39.5. The van der Waals surface area contributed by atoms with E-state index in [0.717, 1.165) is 112 Å². The summed E-state index contributed by atoms with van der Waals surface area (Å²) in [5.74, 6) is -6.92. The maximum Gasteiger partial charge on any atom is 0.328 e. The van der Waals surface area contributed by atoms with Crippen LogP contribution in [0.2, 0.25) is 0 Å². The van der Waals surface area contributed by atoms with Crippen molar-refractivity contribution >= 4 is 47.6 Å². The molecule has 20 nitrogen and oxygen atoms in total. The van der Waals surface area contributed by atoms with Gasteiger partial charge in [-0.05, 0) is 196 Å². The van der Waals surface area contributed by atoms with Crippen molar-refractivity contribution in [2.75, 3.05) is 52.5 Å². The first-order valence-corrected chi connectivity index (χ1v) is 28.8. The highest BCUT2D eigenvalue weighted by Crippen LogP contribution is 2.40. The molecule has 0 saturated carbocycles. The monoisotopic (exact) mass is 1280 g/mol. The topological polar surface area (TPSA) is 335 Å². The zero-order chi connectivity index (χ0) is 67.5. The van der Waals surface area contributed by atoms with Crippen molar-refractivity contribution in [3.8, 4) is 11.5 Å². The summed E-state index contributed by atoms with van der Waals surface area (Å²) in [6.07, 6.45) is 9.25. The number of hydrogen-bond donors (Lipinski definition) is 8. The SMILES string of the molecule is NC(=O)c1ccc(OCCCN2CCC(C(c3ccc(F)cc3)c3ccc(F)cc3)CC2)cc1.NC(=O)c1ccc(OCCCN2CCC(C(c3ccc(F)cc3)c3ccc(F)cc3)CC2)cc1.O=C(O)/C=C/C(=O)O.O=C(O)/C=C/C(=O)O.O=C(O)/C=C/C(=O)O. The number of primary amides is 2. The molecule has 8 rings (SSSR count). The molecule has 10 N–H and O–H groups in total. The molecule has 0 bridgehead atoms. The summed E-state index contributed by atoms with van der Waals surface area (Å²) in [7, 11) is 0. The van der Waals surface area contributed by atoms with E-state index in [1.54, 1.807) is 48.5 Å². The first-order chi connectivity index (χ1) is 43.9. The van der Waals surface area contributed by atoms with Gasteiger partial charge in [0.05, 0.1) is 13.2 Å². The zero-order valence-electron chi connectivity index (χ0n) is 49.9. The molecule has 0 unspecified atom stereocenters. The number of amides is 2. The van der Waals surface area contributed by atoms with Crippen LogP contribution in [0.1, 0.15) is 93.3 Å². The number of rotatable bonds is 24. The fourth-order valence-corrected chi connectivity index (χ4v) is 9.99. The number of carboxylic acid groups (broad SMARTS) is 6. The van der Waals surface area contributed by atoms with Crippen LogP contribution >= 0.6 is 0 Å². The Bertz CT molecular complexity index is 3010. The lowest BCUT2D eigenvalue weighted by Gasteiger charge is -2.36. The minimum atomic E-state index is -1.26. The molecule has 24 heteroatoms. The maximum absolute atomic E-state index is 13.5. The molecule has 2 saturated heterocycles. The van der Waals surface area contributed by atoms with E-state index in [2.05, 4.69) is 9.80 Å². The number of piperidine rings is 2. The third-order valence-corrected chi connectivity index (χ3v) is 14.3. The molecule has 0 aliphatic carbocycles. The van der Waals surface area contributed by atoms with E-state index in [0.29, 0.717) is 72.6 Å². The standard InChI is InChI=1S/2C28H30F2N2O2.3C4H4O4/c2*29-24-8-2-20(3-9-24)27(21-4-10-25(30)11-5-21)22-14-17-32(18-15-22)16-1-19-34-26-12-6-23(7-13-26)28(31)33;3*5-3(6)1-2-4(7)8/h2*2-13,22,27H,1,14-19H2,(H2,31,33);3*1-2H,(H,5,6)(H,7,8)/b;;3*2-1+. The lowest BCUT2D eigenvalue weighted by Crippen LogP contribution is -2.36. The summed E-state index contributed by atoms with van der Waals surface area (Å²) in [4.78, 5) is 84.5. The van der Waals surface area contributed by atoms with Gasteiger partial charge >= 0.3 is 35.8 Å². The third-order valence-electron chi connectivity index (χ3n) is 14.3. The molecule has 0 radical (unpaired) electrons. The molecule has 488 valence electrons. The van der Waals surface area contributed by atoms with Crippen LogP contribution < -0.4 is 20.9 Å². The van der Waals surface area contributed by atoms with Gasteiger partial charge in [-0.3, -0.25) is 9.59 Å². The van der Waals surface area contributed by atoms with E-state index in [9.17, 15) is 55.9 Å². The number of halogens is 4. The lowest BCUT2D eigenvalue weighted by molar-refractivity contribution is -0.134. The van der Waals surface area contributed by atoms with E-state index >= 15 is 0 Å². The van der Waals surface area contributed by atoms with E-state index < -0.39 is 47.6 Å². The summed E-state index contributed by atoms with van der Waals surface area (Å²) < 4.78 is 65.7. The van der Waals surface area contributed by atoms with Crippen molar-refractivity contribution in [3.63, 3.8) is 0 Å². The van der Waals surface area contributed by atoms with Crippen LogP contribution in [-0.4, -0.2) is 141 Å². The smallest absolute Gasteiger partial charge is 0.328 e. The summed E-state index contributed by atoms with van der Waals surface area (Å²) in [5.41, 5.74) is 15.7. The Morgan fingerprint density at radius 2 is 0.598 bits per heavy atom. The molecule has 0 spiro atoms. The number of likely N-dealkylation sites (tertiary alicyclic amines) is 2. The summed E-state index contributed by atoms with van der Waals surface area (Å²) in [5, 5.41) is 46.9. The van der Waals surface area contributed by atoms with Crippen LogP contribution in [0, 0.1) is 35.1 Å². The quantitative estimate of drug-likeness (QED) is 0.0159. The maximum atomic E-state index is 13.5. The molecular weight excluding hydrogens is 1200 g/mol. The largest absolute Gasteiger partial charge is 0.494 e. The predicted octanol–water partition coefficient (Wildman–Crippen LogP) is 9.89. The molecule has 6 aromatic carbocycles. The van der Waals surface area contributed by atoms with Gasteiger partial charge in [-0.1, -0.05) is 48.5 Å². The van der Waals surface area contributed by atoms with Crippen molar-refractivity contribution in [1.29, 1.82) is 0 Å². The summed E-state index contributed by atoms with van der Waals surface area (Å²) >= 11 is 0. The fourth-order valence-electron chi connectivity index (χ4n) is 9.99. The van der Waals surface area contributed by atoms with E-state index in [1.807, 2.05) is 48.5 Å². The van der Waals surface area contributed by atoms with Gasteiger partial charge in [0.15, 0.2) is 0 Å². The number of nitrogens with two attached hydrogens (primary N) is 2. The molecule has 2 heterocycles. The van der Waals surface area contributed by atoms with Crippen molar-refractivity contribution in [2.45, 2.75) is 50.4 Å². The van der Waals surface area contributed by atoms with Crippen LogP contribution in [0.5, 0.6) is 11.5 Å². The van der Waals surface area contributed by atoms with E-state index in [4.69, 9.17) is 51.6 Å². The molecule has 92 heavy (non-hydrogen) atoms. The second-order valence-electron chi connectivity index (χ2n) is 20.7. The highest BCUT2D eigenvalue weighted by atomic mass is 19.1. The van der Waals surface area contributed by atoms with Gasteiger partial charge in [-0.25, -0.2) is 46.3 Å². The highest BCUT2D eigenvalue weighted by molar-refractivity contribution is 5.93. The molecule has 6 aromatic rings. The van der Waals surface area contributed by atoms with Gasteiger partial charge in [-0.15, -0.1) is 0 Å². The van der Waals surface area contributed by atoms with Crippen molar-refractivity contribution in [2.24, 2.45) is 23.3 Å². The van der Waals surface area contributed by atoms with Crippen LogP contribution in [0.3, 0.4) is 0 Å². The lowest BCUT2D eigenvalue weighted by atomic mass is 9.76. The number of carboxylic acids is 6. The van der Waals surface area contributed by atoms with Gasteiger partial charge in [-0.2, -0.15) is 0 Å². The minimum Gasteiger partial charge on any atom is -0.494 e. The van der Waals surface area contributed by atoms with Crippen LogP contribution in [-0.2, 0) is 28.8 Å². The normalized spacial score (nSPS) is 13.5. The van der Waals surface area contributed by atoms with Gasteiger partial charge in [0.25, 0.3) is 0 Å². The Morgan fingerprint density at radius 1 is 0.380 bits per heavy atom. The third kappa shape index (κ3) is 28.8. The summed E-state index contributed by atoms with van der Waals surface area (Å²) in [6, 6.07) is 40.5. The Balaban J connectivity index is 0.000000290. The van der Waals surface area contributed by atoms with Crippen LogP contribution in [0.4, 0.5) is 17.6 Å². The molecular formula is C68H72F4N4O16. The zero-order valence-corrected chi connectivity index (χ0v) is 49.9. The van der Waals surface area contributed by atoms with Crippen molar-refractivity contribution in [1.82, 2.24) is 9.80 Å². The highest BCUT2D eigenvalue weighted by Gasteiger charge is 2.31. The Kier molecular flexibility index (Phi) is 31.8. The average Bonchev–Trinajstić information content (AvgIpc) is 0.947. The Hall–Kier alpha value is -10.5. The van der Waals surface area contributed by atoms with Gasteiger partial charge in [0.2, 0.25) is 11.8 Å². The average molecular weight is 1280 g/mol. The number of carbonyl (C=O) groups excluding carboxylic acids is 2. The minimum absolute atomic E-state index is 0.120. The molecule has 2 fully saturated rings. The Morgan fingerprint density at radius 3 is 0.793 bits per heavy atom. The molecule has 0 atom stereocenters. The number of hydrogen-bond acceptors (Lipinski definition) is 12. The number of benzene rings is 6. The number of carbonyl (C=O) groups is 8. The predicted molar refractivity (Wildman–Crippen MR) is 331 cm³/mol. The van der Waals surface area contributed by atoms with Gasteiger partial charge < -0.3 is 61.4 Å². The first-order valence-electron chi connectivity index (χ1n) is 28.8. The van der Waals surface area contributed by atoms with Gasteiger partial charge in [0.1, 0.15) is 34.8 Å². The van der Waals surface area contributed by atoms with Crippen LogP contribution in [0.15, 0.2) is 182 Å². The number of aliphatic carboxylic acids is 6.